The van der Waals surface area contributed by atoms with Crippen LogP contribution < -0.4 is 10.6 Å². The zero-order valence-electron chi connectivity index (χ0n) is 14.1. The summed E-state index contributed by atoms with van der Waals surface area (Å²) in [7, 11) is 0. The first-order valence-corrected chi connectivity index (χ1v) is 8.04. The molecule has 5 nitrogen and oxygen atoms in total. The number of pyridine rings is 1. The van der Waals surface area contributed by atoms with Crippen LogP contribution in [0.25, 0.3) is 0 Å². The number of hydrogen-bond acceptors (Lipinski definition) is 3. The fraction of sp³-hybridized carbons (Fsp3) is 0.278. The fourth-order valence-electron chi connectivity index (χ4n) is 2.20. The number of nitrogens with zero attached hydrogens (tertiary/aromatic N) is 1. The number of amides is 2. The molecule has 0 radical (unpaired) electrons. The van der Waals surface area contributed by atoms with Crippen molar-refractivity contribution in [3.05, 3.63) is 59.4 Å². The molecule has 138 valence electrons. The SMILES string of the molecule is CCCCNC(=O)c1ccnc(C(=O)Nc2ccccc2C(F)(F)F)c1. The largest absolute Gasteiger partial charge is 0.418 e. The van der Waals surface area contributed by atoms with Crippen molar-refractivity contribution < 1.29 is 22.8 Å². The lowest BCUT2D eigenvalue weighted by Gasteiger charge is -2.13. The lowest BCUT2D eigenvalue weighted by molar-refractivity contribution is -0.136. The molecule has 1 aromatic carbocycles. The molecule has 0 saturated carbocycles. The Morgan fingerprint density at radius 1 is 1.12 bits per heavy atom. The fourth-order valence-corrected chi connectivity index (χ4v) is 2.20. The molecule has 2 rings (SSSR count). The zero-order valence-corrected chi connectivity index (χ0v) is 14.1. The highest BCUT2D eigenvalue weighted by Crippen LogP contribution is 2.34. The number of carbonyl (C=O) groups is 2. The smallest absolute Gasteiger partial charge is 0.352 e. The number of nitrogens with one attached hydrogen (secondary N) is 2. The van der Waals surface area contributed by atoms with Gasteiger partial charge in [-0.15, -0.1) is 0 Å². The summed E-state index contributed by atoms with van der Waals surface area (Å²) in [5.41, 5.74) is -1.26. The number of carbonyl (C=O) groups excluding carboxylic acids is 2. The van der Waals surface area contributed by atoms with E-state index >= 15 is 0 Å². The van der Waals surface area contributed by atoms with Crippen molar-refractivity contribution >= 4 is 17.5 Å². The summed E-state index contributed by atoms with van der Waals surface area (Å²) < 4.78 is 39.0. The number of alkyl halides is 3. The minimum atomic E-state index is -4.60. The van der Waals surface area contributed by atoms with Crippen LogP contribution in [0.1, 0.15) is 46.2 Å². The summed E-state index contributed by atoms with van der Waals surface area (Å²) in [5, 5.41) is 4.90. The first kappa shape index (κ1) is 19.4. The third-order valence-electron chi connectivity index (χ3n) is 3.55. The zero-order chi connectivity index (χ0) is 19.2. The highest BCUT2D eigenvalue weighted by molar-refractivity contribution is 6.05. The van der Waals surface area contributed by atoms with Gasteiger partial charge in [0.25, 0.3) is 11.8 Å². The van der Waals surface area contributed by atoms with E-state index in [0.29, 0.717) is 6.54 Å². The van der Waals surface area contributed by atoms with Gasteiger partial charge in [-0.3, -0.25) is 14.6 Å². The van der Waals surface area contributed by atoms with Crippen molar-refractivity contribution in [2.75, 3.05) is 11.9 Å². The number of benzene rings is 1. The minimum Gasteiger partial charge on any atom is -0.352 e. The molecule has 0 fully saturated rings. The normalized spacial score (nSPS) is 11.1. The maximum Gasteiger partial charge on any atom is 0.418 e. The van der Waals surface area contributed by atoms with Crippen LogP contribution in [0.5, 0.6) is 0 Å². The van der Waals surface area contributed by atoms with E-state index in [0.717, 1.165) is 25.0 Å². The van der Waals surface area contributed by atoms with Crippen molar-refractivity contribution in [1.82, 2.24) is 10.3 Å². The topological polar surface area (TPSA) is 71.1 Å². The van der Waals surface area contributed by atoms with Crippen molar-refractivity contribution in [3.63, 3.8) is 0 Å². The molecule has 26 heavy (non-hydrogen) atoms. The van der Waals surface area contributed by atoms with E-state index in [-0.39, 0.29) is 22.9 Å². The van der Waals surface area contributed by atoms with Crippen LogP contribution in [-0.2, 0) is 6.18 Å². The molecule has 1 heterocycles. The molecule has 0 atom stereocenters. The van der Waals surface area contributed by atoms with Crippen molar-refractivity contribution in [2.45, 2.75) is 25.9 Å². The summed E-state index contributed by atoms with van der Waals surface area (Å²) in [6, 6.07) is 7.32. The Morgan fingerprint density at radius 2 is 1.85 bits per heavy atom. The molecule has 0 aliphatic carbocycles. The molecule has 2 amide bonds. The third kappa shape index (κ3) is 5.05. The molecule has 0 unspecified atom stereocenters. The summed E-state index contributed by atoms with van der Waals surface area (Å²) in [4.78, 5) is 28.1. The molecule has 0 aliphatic rings. The Morgan fingerprint density at radius 3 is 2.54 bits per heavy atom. The summed E-state index contributed by atoms with van der Waals surface area (Å²) in [6.45, 7) is 2.48. The van der Waals surface area contributed by atoms with Gasteiger partial charge in [0.05, 0.1) is 11.3 Å². The van der Waals surface area contributed by atoms with Gasteiger partial charge in [-0.25, -0.2) is 0 Å². The van der Waals surface area contributed by atoms with Gasteiger partial charge in [0.15, 0.2) is 0 Å². The van der Waals surface area contributed by atoms with E-state index in [9.17, 15) is 22.8 Å². The van der Waals surface area contributed by atoms with E-state index < -0.39 is 17.6 Å². The maximum absolute atomic E-state index is 13.0. The van der Waals surface area contributed by atoms with E-state index in [1.165, 1.54) is 30.5 Å². The number of hydrogen-bond donors (Lipinski definition) is 2. The summed E-state index contributed by atoms with van der Waals surface area (Å²) in [6.07, 6.45) is -1.60. The van der Waals surface area contributed by atoms with Gasteiger partial charge in [0.2, 0.25) is 0 Å². The number of rotatable bonds is 6. The first-order chi connectivity index (χ1) is 12.3. The predicted molar refractivity (Wildman–Crippen MR) is 90.9 cm³/mol. The van der Waals surface area contributed by atoms with Crippen LogP contribution in [-0.4, -0.2) is 23.3 Å². The molecule has 0 bridgehead atoms. The molecule has 8 heteroatoms. The second kappa shape index (κ2) is 8.46. The first-order valence-electron chi connectivity index (χ1n) is 8.04. The molecular weight excluding hydrogens is 347 g/mol. The molecule has 0 aliphatic heterocycles. The van der Waals surface area contributed by atoms with E-state index in [1.54, 1.807) is 0 Å². The monoisotopic (exact) mass is 365 g/mol. The predicted octanol–water partition coefficient (Wildman–Crippen LogP) is 3.88. The molecule has 0 spiro atoms. The Bertz CT molecular complexity index is 791. The quantitative estimate of drug-likeness (QED) is 0.763. The second-order valence-corrected chi connectivity index (χ2v) is 5.54. The van der Waals surface area contributed by atoms with Gasteiger partial charge < -0.3 is 10.6 Å². The lowest BCUT2D eigenvalue weighted by atomic mass is 10.1. The lowest BCUT2D eigenvalue weighted by Crippen LogP contribution is -2.25. The Labute approximate surface area is 148 Å². The van der Waals surface area contributed by atoms with Gasteiger partial charge in [0.1, 0.15) is 5.69 Å². The van der Waals surface area contributed by atoms with E-state index in [1.807, 2.05) is 6.92 Å². The van der Waals surface area contributed by atoms with Gasteiger partial charge in [-0.1, -0.05) is 25.5 Å². The van der Waals surface area contributed by atoms with Crippen molar-refractivity contribution in [2.24, 2.45) is 0 Å². The Kier molecular flexibility index (Phi) is 6.32. The maximum atomic E-state index is 13.0. The second-order valence-electron chi connectivity index (χ2n) is 5.54. The van der Waals surface area contributed by atoms with E-state index in [2.05, 4.69) is 15.6 Å². The van der Waals surface area contributed by atoms with Crippen molar-refractivity contribution in [1.29, 1.82) is 0 Å². The number of anilines is 1. The standard InChI is InChI=1S/C18H18F3N3O2/c1-2-3-9-23-16(25)12-8-10-22-15(11-12)17(26)24-14-7-5-4-6-13(14)18(19,20)21/h4-8,10-11H,2-3,9H2,1H3,(H,23,25)(H,24,26). The van der Waals surface area contributed by atoms with Crippen LogP contribution in [0.2, 0.25) is 0 Å². The number of halogens is 3. The van der Waals surface area contributed by atoms with Crippen LogP contribution in [0.15, 0.2) is 42.6 Å². The molecule has 2 N–H and O–H groups in total. The minimum absolute atomic E-state index is 0.148. The van der Waals surface area contributed by atoms with Gasteiger partial charge in [0, 0.05) is 18.3 Å². The average molecular weight is 365 g/mol. The number of para-hydroxylation sites is 1. The van der Waals surface area contributed by atoms with Gasteiger partial charge in [-0.05, 0) is 30.7 Å². The van der Waals surface area contributed by atoms with Crippen molar-refractivity contribution in [3.8, 4) is 0 Å². The average Bonchev–Trinajstić information content (AvgIpc) is 2.61. The summed E-state index contributed by atoms with van der Waals surface area (Å²) in [5.74, 6) is -1.20. The van der Waals surface area contributed by atoms with Crippen LogP contribution in [0.3, 0.4) is 0 Å². The van der Waals surface area contributed by atoms with Gasteiger partial charge >= 0.3 is 6.18 Å². The van der Waals surface area contributed by atoms with Crippen LogP contribution in [0, 0.1) is 0 Å². The highest BCUT2D eigenvalue weighted by Gasteiger charge is 2.33. The van der Waals surface area contributed by atoms with Crippen LogP contribution in [0.4, 0.5) is 18.9 Å². The Balaban J connectivity index is 2.16. The van der Waals surface area contributed by atoms with Crippen LogP contribution >= 0.6 is 0 Å². The Hall–Kier alpha value is -2.90. The summed E-state index contributed by atoms with van der Waals surface area (Å²) >= 11 is 0. The number of aromatic nitrogens is 1. The highest BCUT2D eigenvalue weighted by atomic mass is 19.4. The third-order valence-corrected chi connectivity index (χ3v) is 3.55. The molecule has 1 aromatic heterocycles. The van der Waals surface area contributed by atoms with E-state index in [4.69, 9.17) is 0 Å². The molecule has 2 aromatic rings. The molecule has 0 saturated heterocycles. The van der Waals surface area contributed by atoms with Gasteiger partial charge in [-0.2, -0.15) is 13.2 Å². The number of unbranched alkanes of at least 4 members (excludes halogenated alkanes) is 1. The molecular formula is C18H18F3N3O2.